The van der Waals surface area contributed by atoms with Crippen LogP contribution in [-0.4, -0.2) is 20.5 Å². The second-order valence-electron chi connectivity index (χ2n) is 5.52. The molecule has 0 aliphatic carbocycles. The summed E-state index contributed by atoms with van der Waals surface area (Å²) in [5.74, 6) is -0.140. The largest absolute Gasteiger partial charge is 0.345 e. The Kier molecular flexibility index (Phi) is 3.27. The van der Waals surface area contributed by atoms with Crippen molar-refractivity contribution < 1.29 is 4.79 Å². The lowest BCUT2D eigenvalue weighted by Gasteiger charge is -2.09. The molecule has 5 nitrogen and oxygen atoms in total. The number of aryl methyl sites for hydroxylation is 1. The molecular formula is C17H13BrN4O. The molecule has 0 bridgehead atoms. The van der Waals surface area contributed by atoms with Crippen LogP contribution >= 0.6 is 15.9 Å². The third-order valence-corrected chi connectivity index (χ3v) is 4.67. The number of nitrogens with zero attached hydrogens (tertiary/aromatic N) is 2. The Bertz CT molecular complexity index is 974. The zero-order valence-electron chi connectivity index (χ0n) is 12.4. The number of hydrogen-bond donors (Lipinski definition) is 2. The van der Waals surface area contributed by atoms with Gasteiger partial charge < -0.3 is 10.3 Å². The Balaban J connectivity index is 1.65. The van der Waals surface area contributed by atoms with Gasteiger partial charge in [0, 0.05) is 16.8 Å². The maximum absolute atomic E-state index is 12.6. The van der Waals surface area contributed by atoms with Gasteiger partial charge in [-0.15, -0.1) is 0 Å². The maximum Gasteiger partial charge on any atom is 0.256 e. The molecule has 0 unspecified atom stereocenters. The summed E-state index contributed by atoms with van der Waals surface area (Å²) in [5, 5.41) is 2.95. The van der Waals surface area contributed by atoms with E-state index in [1.165, 1.54) is 0 Å². The third kappa shape index (κ3) is 2.45. The highest BCUT2D eigenvalue weighted by atomic mass is 79.9. The molecule has 4 rings (SSSR count). The highest BCUT2D eigenvalue weighted by Gasteiger charge is 2.16. The van der Waals surface area contributed by atoms with E-state index >= 15 is 0 Å². The van der Waals surface area contributed by atoms with E-state index in [1.54, 1.807) is 12.4 Å². The smallest absolute Gasteiger partial charge is 0.256 e. The molecule has 1 amide bonds. The number of halogens is 1. The van der Waals surface area contributed by atoms with E-state index in [-0.39, 0.29) is 5.91 Å². The number of fused-ring (bicyclic) bond motifs is 2. The van der Waals surface area contributed by atoms with Crippen molar-refractivity contribution in [1.82, 2.24) is 9.97 Å². The topological polar surface area (TPSA) is 70.1 Å². The van der Waals surface area contributed by atoms with Gasteiger partial charge in [0.15, 0.2) is 0 Å². The number of amides is 1. The van der Waals surface area contributed by atoms with E-state index in [9.17, 15) is 4.79 Å². The lowest BCUT2D eigenvalue weighted by Crippen LogP contribution is -2.13. The summed E-state index contributed by atoms with van der Waals surface area (Å²) in [7, 11) is 0. The molecule has 0 saturated carbocycles. The van der Waals surface area contributed by atoms with Gasteiger partial charge in [0.05, 0.1) is 23.9 Å². The molecule has 0 spiro atoms. The molecule has 114 valence electrons. The third-order valence-electron chi connectivity index (χ3n) is 3.99. The van der Waals surface area contributed by atoms with Crippen LogP contribution in [0.3, 0.4) is 0 Å². The van der Waals surface area contributed by atoms with Crippen molar-refractivity contribution in [3.05, 3.63) is 58.9 Å². The molecule has 3 aromatic rings. The monoisotopic (exact) mass is 368 g/mol. The van der Waals surface area contributed by atoms with Crippen LogP contribution in [-0.2, 0) is 6.54 Å². The number of carbonyl (C=O) groups is 1. The summed E-state index contributed by atoms with van der Waals surface area (Å²) >= 11 is 3.44. The first kappa shape index (κ1) is 14.1. The van der Waals surface area contributed by atoms with Gasteiger partial charge in [-0.2, -0.15) is 0 Å². The fraction of sp³-hybridized carbons (Fsp3) is 0.118. The van der Waals surface area contributed by atoms with E-state index in [0.717, 1.165) is 38.0 Å². The average molecular weight is 369 g/mol. The summed E-state index contributed by atoms with van der Waals surface area (Å²) in [6, 6.07) is 9.58. The fourth-order valence-corrected chi connectivity index (χ4v) is 3.25. The number of anilines is 1. The van der Waals surface area contributed by atoms with Crippen LogP contribution in [0.2, 0.25) is 0 Å². The van der Waals surface area contributed by atoms with Crippen LogP contribution in [0.15, 0.2) is 41.7 Å². The van der Waals surface area contributed by atoms with Crippen molar-refractivity contribution in [2.24, 2.45) is 4.99 Å². The number of aliphatic imine (C=N–C) groups is 1. The van der Waals surface area contributed by atoms with Gasteiger partial charge in [-0.1, -0.05) is 6.07 Å². The van der Waals surface area contributed by atoms with Crippen molar-refractivity contribution >= 4 is 43.2 Å². The quantitative estimate of drug-likeness (QED) is 0.722. The molecule has 1 aliphatic rings. The van der Waals surface area contributed by atoms with Crippen molar-refractivity contribution in [2.75, 3.05) is 5.32 Å². The molecular weight excluding hydrogens is 356 g/mol. The molecule has 6 heteroatoms. The highest BCUT2D eigenvalue weighted by Crippen LogP contribution is 2.26. The number of nitrogens with one attached hydrogen (secondary N) is 2. The summed E-state index contributed by atoms with van der Waals surface area (Å²) in [6.45, 7) is 2.60. The minimum Gasteiger partial charge on any atom is -0.345 e. The second-order valence-corrected chi connectivity index (χ2v) is 6.27. The summed E-state index contributed by atoms with van der Waals surface area (Å²) in [5.41, 5.74) is 6.18. The second kappa shape index (κ2) is 5.31. The van der Waals surface area contributed by atoms with Crippen molar-refractivity contribution in [3.8, 4) is 0 Å². The van der Waals surface area contributed by atoms with Crippen LogP contribution in [0, 0.1) is 6.92 Å². The normalized spacial score (nSPS) is 13.0. The molecule has 0 fully saturated rings. The fourth-order valence-electron chi connectivity index (χ4n) is 2.76. The van der Waals surface area contributed by atoms with E-state index in [2.05, 4.69) is 36.2 Å². The Morgan fingerprint density at radius 1 is 1.30 bits per heavy atom. The van der Waals surface area contributed by atoms with E-state index < -0.39 is 0 Å². The molecule has 0 atom stereocenters. The van der Waals surface area contributed by atoms with E-state index in [4.69, 9.17) is 0 Å². The van der Waals surface area contributed by atoms with Crippen molar-refractivity contribution in [1.29, 1.82) is 0 Å². The minimum absolute atomic E-state index is 0.140. The Morgan fingerprint density at radius 3 is 3.04 bits per heavy atom. The maximum atomic E-state index is 12.6. The van der Waals surface area contributed by atoms with Gasteiger partial charge in [0.2, 0.25) is 0 Å². The standard InChI is InChI=1S/C17H13BrN4O/c1-9-4-14-15(21-8-20-14)6-12(9)17(23)22-11-3-2-10-7-19-16(18)13(10)5-11/h2-6,8H,7H2,1H3,(H,20,21)(H,22,23). The molecule has 2 N–H and O–H groups in total. The predicted octanol–water partition coefficient (Wildman–Crippen LogP) is 3.78. The zero-order chi connectivity index (χ0) is 16.0. The van der Waals surface area contributed by atoms with Crippen LogP contribution in [0.1, 0.15) is 27.0 Å². The van der Waals surface area contributed by atoms with Crippen molar-refractivity contribution in [2.45, 2.75) is 13.5 Å². The van der Waals surface area contributed by atoms with Gasteiger partial charge >= 0.3 is 0 Å². The summed E-state index contributed by atoms with van der Waals surface area (Å²) in [4.78, 5) is 24.2. The van der Waals surface area contributed by atoms with Gasteiger partial charge in [-0.3, -0.25) is 9.79 Å². The van der Waals surface area contributed by atoms with Gasteiger partial charge in [-0.05, 0) is 58.2 Å². The Labute approximate surface area is 141 Å². The van der Waals surface area contributed by atoms with Gasteiger partial charge in [-0.25, -0.2) is 4.98 Å². The zero-order valence-corrected chi connectivity index (χ0v) is 13.9. The first-order valence-electron chi connectivity index (χ1n) is 7.20. The molecule has 0 radical (unpaired) electrons. The first-order valence-corrected chi connectivity index (χ1v) is 7.99. The Morgan fingerprint density at radius 2 is 2.17 bits per heavy atom. The highest BCUT2D eigenvalue weighted by molar-refractivity contribution is 9.18. The number of benzene rings is 2. The SMILES string of the molecule is Cc1cc2[nH]cnc2cc1C(=O)Nc1ccc2c(c1)C(Br)=NC2. The average Bonchev–Trinajstić information content (AvgIpc) is 3.13. The van der Waals surface area contributed by atoms with Gasteiger partial charge in [0.1, 0.15) is 4.62 Å². The van der Waals surface area contributed by atoms with Crippen LogP contribution < -0.4 is 5.32 Å². The number of H-pyrrole nitrogens is 1. The van der Waals surface area contributed by atoms with E-state index in [0.29, 0.717) is 12.1 Å². The molecule has 1 aromatic heterocycles. The predicted molar refractivity (Wildman–Crippen MR) is 94.4 cm³/mol. The molecule has 1 aliphatic heterocycles. The van der Waals surface area contributed by atoms with Crippen molar-refractivity contribution in [3.63, 3.8) is 0 Å². The number of aromatic amines is 1. The minimum atomic E-state index is -0.140. The van der Waals surface area contributed by atoms with Crippen LogP contribution in [0.5, 0.6) is 0 Å². The molecule has 23 heavy (non-hydrogen) atoms. The van der Waals surface area contributed by atoms with E-state index in [1.807, 2.05) is 31.2 Å². The number of rotatable bonds is 2. The number of imidazole rings is 1. The van der Waals surface area contributed by atoms with Crippen LogP contribution in [0.4, 0.5) is 5.69 Å². The first-order chi connectivity index (χ1) is 11.1. The Hall–Kier alpha value is -2.47. The van der Waals surface area contributed by atoms with Gasteiger partial charge in [0.25, 0.3) is 5.91 Å². The van der Waals surface area contributed by atoms with Crippen LogP contribution in [0.25, 0.3) is 11.0 Å². The number of aromatic nitrogens is 2. The number of carbonyl (C=O) groups excluding carboxylic acids is 1. The molecule has 0 saturated heterocycles. The lowest BCUT2D eigenvalue weighted by molar-refractivity contribution is 0.102. The summed E-state index contributed by atoms with van der Waals surface area (Å²) in [6.07, 6.45) is 1.63. The molecule has 2 aromatic carbocycles. The number of hydrogen-bond acceptors (Lipinski definition) is 3. The lowest BCUT2D eigenvalue weighted by atomic mass is 10.1. The molecule has 2 heterocycles. The summed E-state index contributed by atoms with van der Waals surface area (Å²) < 4.78 is 0.831.